The van der Waals surface area contributed by atoms with Gasteiger partial charge in [-0.3, -0.25) is 0 Å². The third-order valence-electron chi connectivity index (χ3n) is 4.91. The number of hydrogen-bond donors (Lipinski definition) is 1. The highest BCUT2D eigenvalue weighted by Gasteiger charge is 2.39. The number of oxazole rings is 1. The summed E-state index contributed by atoms with van der Waals surface area (Å²) < 4.78 is 11.9. The monoisotopic (exact) mass is 340 g/mol. The lowest BCUT2D eigenvalue weighted by Crippen LogP contribution is -2.28. The van der Waals surface area contributed by atoms with Crippen molar-refractivity contribution in [3.05, 3.63) is 41.9 Å². The fourth-order valence-corrected chi connectivity index (χ4v) is 3.51. The smallest absolute Gasteiger partial charge is 0.240 e. The van der Waals surface area contributed by atoms with E-state index < -0.39 is 5.60 Å². The van der Waals surface area contributed by atoms with Crippen LogP contribution in [0.25, 0.3) is 11.3 Å². The van der Waals surface area contributed by atoms with Crippen LogP contribution in [0.3, 0.4) is 0 Å². The Kier molecular flexibility index (Phi) is 3.91. The topological polar surface area (TPSA) is 67.8 Å². The predicted octanol–water partition coefficient (Wildman–Crippen LogP) is 4.05. The minimum Gasteiger partial charge on any atom is -0.474 e. The number of hydrogen-bond acceptors (Lipinski definition) is 5. The summed E-state index contributed by atoms with van der Waals surface area (Å²) in [6, 6.07) is 9.82. The molecule has 0 spiro atoms. The number of aliphatic hydroxyl groups is 1. The van der Waals surface area contributed by atoms with E-state index in [0.717, 1.165) is 24.8 Å². The van der Waals surface area contributed by atoms with E-state index in [-0.39, 0.29) is 5.54 Å². The Morgan fingerprint density at radius 2 is 1.76 bits per heavy atom. The molecule has 5 heteroatoms. The summed E-state index contributed by atoms with van der Waals surface area (Å²) in [5, 5.41) is 11.0. The molecule has 1 aliphatic heterocycles. The normalized spacial score (nSPS) is 21.6. The fourth-order valence-electron chi connectivity index (χ4n) is 3.51. The first-order chi connectivity index (χ1) is 12.0. The van der Waals surface area contributed by atoms with E-state index in [0.29, 0.717) is 42.7 Å². The molecule has 0 amide bonds. The van der Waals surface area contributed by atoms with E-state index in [4.69, 9.17) is 9.15 Å². The molecule has 1 aliphatic carbocycles. The molecule has 1 fully saturated rings. The molecule has 5 nitrogen and oxygen atoms in total. The lowest BCUT2D eigenvalue weighted by molar-refractivity contribution is -0.0242. The van der Waals surface area contributed by atoms with Crippen molar-refractivity contribution < 1.29 is 14.3 Å². The van der Waals surface area contributed by atoms with Gasteiger partial charge in [-0.15, -0.1) is 0 Å². The van der Waals surface area contributed by atoms with Crippen molar-refractivity contribution in [1.82, 2.24) is 4.98 Å². The van der Waals surface area contributed by atoms with Gasteiger partial charge in [0.2, 0.25) is 11.8 Å². The summed E-state index contributed by atoms with van der Waals surface area (Å²) in [6.07, 6.45) is 4.48. The minimum absolute atomic E-state index is 0.274. The zero-order valence-corrected chi connectivity index (χ0v) is 14.8. The summed E-state index contributed by atoms with van der Waals surface area (Å²) in [4.78, 5) is 9.31. The second kappa shape index (κ2) is 5.99. The van der Waals surface area contributed by atoms with Gasteiger partial charge in [-0.05, 0) is 26.7 Å². The Hall–Kier alpha value is -2.14. The number of benzene rings is 1. The highest BCUT2D eigenvalue weighted by atomic mass is 16.5. The van der Waals surface area contributed by atoms with Gasteiger partial charge in [-0.2, -0.15) is 0 Å². The van der Waals surface area contributed by atoms with Crippen LogP contribution in [0.5, 0.6) is 0 Å². The molecule has 1 N–H and O–H groups in total. The second-order valence-corrected chi connectivity index (χ2v) is 7.67. The zero-order chi connectivity index (χ0) is 17.5. The Balaban J connectivity index is 1.82. The van der Waals surface area contributed by atoms with E-state index in [2.05, 4.69) is 9.98 Å². The highest BCUT2D eigenvalue weighted by Crippen LogP contribution is 2.39. The van der Waals surface area contributed by atoms with Crippen LogP contribution in [0.15, 0.2) is 39.7 Å². The van der Waals surface area contributed by atoms with Crippen LogP contribution >= 0.6 is 0 Å². The summed E-state index contributed by atoms with van der Waals surface area (Å²) in [5.41, 5.74) is 0.233. The molecule has 2 aromatic rings. The van der Waals surface area contributed by atoms with Gasteiger partial charge in [0.25, 0.3) is 0 Å². The zero-order valence-electron chi connectivity index (χ0n) is 14.8. The van der Waals surface area contributed by atoms with Crippen molar-refractivity contribution in [3.8, 4) is 11.3 Å². The Morgan fingerprint density at radius 3 is 2.40 bits per heavy atom. The first kappa shape index (κ1) is 16.3. The van der Waals surface area contributed by atoms with Crippen molar-refractivity contribution in [2.24, 2.45) is 4.99 Å². The van der Waals surface area contributed by atoms with Gasteiger partial charge < -0.3 is 14.3 Å². The Bertz CT molecular complexity index is 787. The fraction of sp³-hybridized carbons (Fsp3) is 0.500. The molecule has 2 aliphatic rings. The summed E-state index contributed by atoms with van der Waals surface area (Å²) in [6.45, 7) is 4.57. The van der Waals surface area contributed by atoms with Gasteiger partial charge in [-0.25, -0.2) is 9.98 Å². The standard InChI is InChI=1S/C20H24N2O3/c1-19(2)13-24-17(22-19)15-16(14-9-5-3-6-10-14)25-18(21-15)20(23)11-7-4-8-12-20/h3,5-6,9-10,23H,4,7-8,11-13H2,1-2H3. The van der Waals surface area contributed by atoms with Crippen LogP contribution in [0.4, 0.5) is 0 Å². The Labute approximate surface area is 147 Å². The number of rotatable bonds is 3. The molecule has 0 atom stereocenters. The molecule has 0 saturated heterocycles. The van der Waals surface area contributed by atoms with Gasteiger partial charge in [-0.1, -0.05) is 49.6 Å². The molecule has 1 saturated carbocycles. The van der Waals surface area contributed by atoms with Gasteiger partial charge in [0.05, 0.1) is 5.54 Å². The maximum Gasteiger partial charge on any atom is 0.240 e. The van der Waals surface area contributed by atoms with Gasteiger partial charge >= 0.3 is 0 Å². The third-order valence-corrected chi connectivity index (χ3v) is 4.91. The molecular weight excluding hydrogens is 316 g/mol. The van der Waals surface area contributed by atoms with E-state index in [9.17, 15) is 5.11 Å². The molecule has 2 heterocycles. The minimum atomic E-state index is -0.991. The molecule has 0 radical (unpaired) electrons. The summed E-state index contributed by atoms with van der Waals surface area (Å²) in [7, 11) is 0. The molecule has 1 aromatic carbocycles. The first-order valence-electron chi connectivity index (χ1n) is 8.99. The van der Waals surface area contributed by atoms with Gasteiger partial charge in [0.1, 0.15) is 12.2 Å². The molecule has 25 heavy (non-hydrogen) atoms. The van der Waals surface area contributed by atoms with Crippen molar-refractivity contribution >= 4 is 5.90 Å². The first-order valence-corrected chi connectivity index (χ1v) is 8.99. The van der Waals surface area contributed by atoms with Crippen molar-refractivity contribution in [2.75, 3.05) is 6.61 Å². The second-order valence-electron chi connectivity index (χ2n) is 7.67. The van der Waals surface area contributed by atoms with E-state index >= 15 is 0 Å². The molecular formula is C20H24N2O3. The quantitative estimate of drug-likeness (QED) is 0.915. The van der Waals surface area contributed by atoms with E-state index in [1.165, 1.54) is 0 Å². The van der Waals surface area contributed by atoms with Crippen molar-refractivity contribution in [1.29, 1.82) is 0 Å². The molecule has 132 valence electrons. The van der Waals surface area contributed by atoms with Crippen molar-refractivity contribution in [3.63, 3.8) is 0 Å². The van der Waals surface area contributed by atoms with E-state index in [1.807, 2.05) is 44.2 Å². The summed E-state index contributed by atoms with van der Waals surface area (Å²) in [5.74, 6) is 1.50. The van der Waals surface area contributed by atoms with Crippen LogP contribution in [0, 0.1) is 0 Å². The highest BCUT2D eigenvalue weighted by molar-refractivity contribution is 5.98. The number of ether oxygens (including phenoxy) is 1. The molecule has 4 rings (SSSR count). The number of aliphatic imine (C=N–C) groups is 1. The molecule has 1 aromatic heterocycles. The SMILES string of the molecule is CC1(C)COC(c2nc(C3(O)CCCCC3)oc2-c2ccccc2)=N1. The van der Waals surface area contributed by atoms with Crippen LogP contribution in [-0.4, -0.2) is 28.1 Å². The number of aromatic nitrogens is 1. The van der Waals surface area contributed by atoms with Crippen LogP contribution in [0.2, 0.25) is 0 Å². The largest absolute Gasteiger partial charge is 0.474 e. The average molecular weight is 340 g/mol. The van der Waals surface area contributed by atoms with Gasteiger partial charge in [0.15, 0.2) is 11.5 Å². The maximum atomic E-state index is 11.0. The predicted molar refractivity (Wildman–Crippen MR) is 95.5 cm³/mol. The number of nitrogens with zero attached hydrogens (tertiary/aromatic N) is 2. The maximum absolute atomic E-state index is 11.0. The van der Waals surface area contributed by atoms with E-state index in [1.54, 1.807) is 0 Å². The van der Waals surface area contributed by atoms with Crippen LogP contribution < -0.4 is 0 Å². The average Bonchev–Trinajstić information content (AvgIpc) is 3.20. The van der Waals surface area contributed by atoms with Crippen LogP contribution in [-0.2, 0) is 10.3 Å². The van der Waals surface area contributed by atoms with Crippen LogP contribution in [0.1, 0.15) is 57.5 Å². The third kappa shape index (κ3) is 3.09. The summed E-state index contributed by atoms with van der Waals surface area (Å²) >= 11 is 0. The lowest BCUT2D eigenvalue weighted by Gasteiger charge is -2.28. The lowest BCUT2D eigenvalue weighted by atomic mass is 9.85. The molecule has 0 bridgehead atoms. The molecule has 0 unspecified atom stereocenters. The Morgan fingerprint density at radius 1 is 1.04 bits per heavy atom. The van der Waals surface area contributed by atoms with Crippen molar-refractivity contribution in [2.45, 2.75) is 57.1 Å². The van der Waals surface area contributed by atoms with Gasteiger partial charge in [0, 0.05) is 5.56 Å².